The summed E-state index contributed by atoms with van der Waals surface area (Å²) in [7, 11) is -3.85. The van der Waals surface area contributed by atoms with Crippen LogP contribution in [0.15, 0.2) is 40.6 Å². The standard InChI is InChI=1S/C21H19Cl2N5O3S3/c1-12-11-17(28(26-12)21-25-19-13(22)5-4-7-15(19)32-21)24-20(29)14-6-2-3-10-27(14)34(30,31)18-9-8-16(23)33-18/h4-5,7-9,11,14H,2-3,6,10H2,1H3,(H,24,29). The van der Waals surface area contributed by atoms with Crippen molar-refractivity contribution in [2.24, 2.45) is 0 Å². The number of carbonyl (C=O) groups excluding carboxylic acids is 1. The fraction of sp³-hybridized carbons (Fsp3) is 0.286. The molecule has 8 nitrogen and oxygen atoms in total. The van der Waals surface area contributed by atoms with Crippen molar-refractivity contribution in [3.05, 3.63) is 51.5 Å². The van der Waals surface area contributed by atoms with E-state index in [1.54, 1.807) is 22.9 Å². The van der Waals surface area contributed by atoms with Gasteiger partial charge in [-0.2, -0.15) is 14.1 Å². The van der Waals surface area contributed by atoms with Crippen LogP contribution in [0.2, 0.25) is 9.36 Å². The Bertz CT molecular complexity index is 1490. The summed E-state index contributed by atoms with van der Waals surface area (Å²) in [6.07, 6.45) is 1.86. The van der Waals surface area contributed by atoms with E-state index >= 15 is 0 Å². The number of anilines is 1. The van der Waals surface area contributed by atoms with Gasteiger partial charge in [0.15, 0.2) is 0 Å². The van der Waals surface area contributed by atoms with Crippen LogP contribution in [0.1, 0.15) is 25.0 Å². The Hall–Kier alpha value is -2.02. The summed E-state index contributed by atoms with van der Waals surface area (Å²) in [5.74, 6) is 0.00555. The highest BCUT2D eigenvalue weighted by Gasteiger charge is 2.38. The summed E-state index contributed by atoms with van der Waals surface area (Å²) in [5, 5.41) is 8.45. The van der Waals surface area contributed by atoms with Crippen molar-refractivity contribution in [3.63, 3.8) is 0 Å². The van der Waals surface area contributed by atoms with E-state index in [1.165, 1.54) is 21.7 Å². The molecule has 1 aromatic carbocycles. The van der Waals surface area contributed by atoms with E-state index in [0.29, 0.717) is 44.4 Å². The molecule has 178 valence electrons. The molecule has 3 aromatic heterocycles. The molecule has 4 heterocycles. The Morgan fingerprint density at radius 3 is 2.74 bits per heavy atom. The Kier molecular flexibility index (Phi) is 6.42. The number of aryl methyl sites for hydroxylation is 1. The van der Waals surface area contributed by atoms with Crippen molar-refractivity contribution < 1.29 is 13.2 Å². The number of nitrogens with one attached hydrogen (secondary N) is 1. The first-order valence-electron chi connectivity index (χ1n) is 10.4. The number of fused-ring (bicyclic) bond motifs is 1. The lowest BCUT2D eigenvalue weighted by atomic mass is 10.0. The van der Waals surface area contributed by atoms with Crippen molar-refractivity contribution >= 4 is 77.8 Å². The number of sulfonamides is 1. The van der Waals surface area contributed by atoms with E-state index < -0.39 is 22.0 Å². The van der Waals surface area contributed by atoms with Crippen LogP contribution in [0.25, 0.3) is 15.3 Å². The van der Waals surface area contributed by atoms with Gasteiger partial charge in [-0.05, 0) is 44.0 Å². The third kappa shape index (κ3) is 4.36. The third-order valence-electron chi connectivity index (χ3n) is 5.49. The molecule has 34 heavy (non-hydrogen) atoms. The van der Waals surface area contributed by atoms with Gasteiger partial charge in [0, 0.05) is 12.6 Å². The number of hydrogen-bond donors (Lipinski definition) is 1. The lowest BCUT2D eigenvalue weighted by Gasteiger charge is -2.33. The van der Waals surface area contributed by atoms with Crippen molar-refractivity contribution in [1.29, 1.82) is 0 Å². The predicted octanol–water partition coefficient (Wildman–Crippen LogP) is 5.34. The van der Waals surface area contributed by atoms with Crippen LogP contribution in [0.4, 0.5) is 5.82 Å². The van der Waals surface area contributed by atoms with Gasteiger partial charge in [-0.3, -0.25) is 4.79 Å². The smallest absolute Gasteiger partial charge is 0.253 e. The number of nitrogens with zero attached hydrogens (tertiary/aromatic N) is 4. The molecule has 1 amide bonds. The second kappa shape index (κ2) is 9.21. The fourth-order valence-electron chi connectivity index (χ4n) is 3.94. The predicted molar refractivity (Wildman–Crippen MR) is 136 cm³/mol. The molecule has 1 unspecified atom stereocenters. The maximum Gasteiger partial charge on any atom is 0.253 e. The van der Waals surface area contributed by atoms with Gasteiger partial charge in [0.1, 0.15) is 21.6 Å². The van der Waals surface area contributed by atoms with E-state index in [4.69, 9.17) is 23.2 Å². The molecule has 0 aliphatic carbocycles. The molecule has 0 saturated carbocycles. The number of rotatable bonds is 5. The van der Waals surface area contributed by atoms with Crippen molar-refractivity contribution in [2.75, 3.05) is 11.9 Å². The van der Waals surface area contributed by atoms with Crippen LogP contribution in [0.3, 0.4) is 0 Å². The second-order valence-electron chi connectivity index (χ2n) is 7.84. The fourth-order valence-corrected chi connectivity index (χ4v) is 8.44. The Morgan fingerprint density at radius 2 is 2.00 bits per heavy atom. The van der Waals surface area contributed by atoms with Crippen LogP contribution in [0, 0.1) is 6.92 Å². The summed E-state index contributed by atoms with van der Waals surface area (Å²) in [6, 6.07) is 9.44. The van der Waals surface area contributed by atoms with Gasteiger partial charge in [0.05, 0.1) is 19.8 Å². The van der Waals surface area contributed by atoms with E-state index in [0.717, 1.165) is 22.5 Å². The number of aromatic nitrogens is 3. The average Bonchev–Trinajstić information content (AvgIpc) is 3.52. The van der Waals surface area contributed by atoms with Crippen LogP contribution in [0.5, 0.6) is 0 Å². The number of hydrogen-bond acceptors (Lipinski definition) is 7. The SMILES string of the molecule is Cc1cc(NC(=O)C2CCCCN2S(=O)(=O)c2ccc(Cl)s2)n(-c2nc3c(Cl)cccc3s2)n1. The highest BCUT2D eigenvalue weighted by molar-refractivity contribution is 7.91. The number of benzene rings is 1. The molecule has 1 aliphatic heterocycles. The lowest BCUT2D eigenvalue weighted by molar-refractivity contribution is -0.120. The molecule has 1 saturated heterocycles. The van der Waals surface area contributed by atoms with Crippen LogP contribution >= 0.6 is 45.9 Å². The molecule has 1 fully saturated rings. The van der Waals surface area contributed by atoms with Crippen LogP contribution in [-0.4, -0.2) is 46.0 Å². The molecule has 5 rings (SSSR count). The molecular formula is C21H19Cl2N5O3S3. The quantitative estimate of drug-likeness (QED) is 0.358. The molecular weight excluding hydrogens is 537 g/mol. The lowest BCUT2D eigenvalue weighted by Crippen LogP contribution is -2.49. The Morgan fingerprint density at radius 1 is 1.18 bits per heavy atom. The van der Waals surface area contributed by atoms with E-state index in [2.05, 4.69) is 15.4 Å². The number of carbonyl (C=O) groups is 1. The molecule has 0 spiro atoms. The summed E-state index contributed by atoms with van der Waals surface area (Å²) >= 11 is 14.6. The summed E-state index contributed by atoms with van der Waals surface area (Å²) in [6.45, 7) is 2.08. The van der Waals surface area contributed by atoms with Gasteiger partial charge >= 0.3 is 0 Å². The second-order valence-corrected chi connectivity index (χ2v) is 13.1. The normalized spacial score (nSPS) is 17.3. The number of amides is 1. The van der Waals surface area contributed by atoms with Gasteiger partial charge in [0.25, 0.3) is 10.0 Å². The van der Waals surface area contributed by atoms with E-state index in [9.17, 15) is 13.2 Å². The summed E-state index contributed by atoms with van der Waals surface area (Å²) in [4.78, 5) is 18.0. The monoisotopic (exact) mass is 555 g/mol. The third-order valence-corrected chi connectivity index (χ3v) is 10.4. The first-order chi connectivity index (χ1) is 16.2. The average molecular weight is 557 g/mol. The zero-order valence-electron chi connectivity index (χ0n) is 17.9. The van der Waals surface area contributed by atoms with Gasteiger partial charge in [-0.1, -0.05) is 47.0 Å². The minimum Gasteiger partial charge on any atom is -0.309 e. The molecule has 1 aliphatic rings. The number of para-hydroxylation sites is 1. The van der Waals surface area contributed by atoms with Crippen molar-refractivity contribution in [1.82, 2.24) is 19.1 Å². The molecule has 1 atom stereocenters. The maximum atomic E-state index is 13.4. The molecule has 13 heteroatoms. The number of piperidine rings is 1. The van der Waals surface area contributed by atoms with Gasteiger partial charge < -0.3 is 5.32 Å². The zero-order valence-corrected chi connectivity index (χ0v) is 21.8. The Balaban J connectivity index is 1.45. The molecule has 4 aromatic rings. The number of thiophene rings is 1. The first-order valence-corrected chi connectivity index (χ1v) is 14.3. The van der Waals surface area contributed by atoms with Gasteiger partial charge in [-0.15, -0.1) is 11.3 Å². The van der Waals surface area contributed by atoms with E-state index in [-0.39, 0.29) is 10.8 Å². The van der Waals surface area contributed by atoms with E-state index in [1.807, 2.05) is 19.1 Å². The number of thiazole rings is 1. The summed E-state index contributed by atoms with van der Waals surface area (Å²) < 4.78 is 30.7. The maximum absolute atomic E-state index is 13.4. The van der Waals surface area contributed by atoms with Gasteiger partial charge in [0.2, 0.25) is 11.0 Å². The topological polar surface area (TPSA) is 97.2 Å². The minimum absolute atomic E-state index is 0.129. The van der Waals surface area contributed by atoms with Crippen molar-refractivity contribution in [2.45, 2.75) is 36.4 Å². The Labute approximate surface area is 214 Å². The molecule has 1 N–H and O–H groups in total. The largest absolute Gasteiger partial charge is 0.309 e. The summed E-state index contributed by atoms with van der Waals surface area (Å²) in [5.41, 5.74) is 1.34. The van der Waals surface area contributed by atoms with Crippen LogP contribution in [-0.2, 0) is 14.8 Å². The number of halogens is 2. The van der Waals surface area contributed by atoms with Crippen molar-refractivity contribution in [3.8, 4) is 5.13 Å². The molecule has 0 bridgehead atoms. The minimum atomic E-state index is -3.85. The highest BCUT2D eigenvalue weighted by Crippen LogP contribution is 2.33. The van der Waals surface area contributed by atoms with Crippen LogP contribution < -0.4 is 5.32 Å². The molecule has 0 radical (unpaired) electrons. The van der Waals surface area contributed by atoms with Gasteiger partial charge in [-0.25, -0.2) is 13.4 Å². The first kappa shape index (κ1) is 23.7. The highest BCUT2D eigenvalue weighted by atomic mass is 35.5. The zero-order chi connectivity index (χ0) is 24.0.